The molecule has 1 aromatic heterocycles. The third kappa shape index (κ3) is 3.83. The maximum absolute atomic E-state index is 12.2. The van der Waals surface area contributed by atoms with Gasteiger partial charge < -0.3 is 10.6 Å². The van der Waals surface area contributed by atoms with Crippen LogP contribution in [0.2, 0.25) is 0 Å². The molecule has 8 heteroatoms. The van der Waals surface area contributed by atoms with E-state index in [4.69, 9.17) is 0 Å². The van der Waals surface area contributed by atoms with Crippen LogP contribution in [0.25, 0.3) is 0 Å². The highest BCUT2D eigenvalue weighted by Gasteiger charge is 2.28. The smallest absolute Gasteiger partial charge is 0.285 e. The highest BCUT2D eigenvalue weighted by molar-refractivity contribution is 7.90. The van der Waals surface area contributed by atoms with Crippen molar-refractivity contribution in [2.24, 2.45) is 4.40 Å². The molecule has 0 saturated carbocycles. The van der Waals surface area contributed by atoms with E-state index in [9.17, 15) is 13.2 Å². The average molecular weight is 412 g/mol. The SMILES string of the molecule is O=C(NCCc1cccs1)c1ccc(NC2=NS(=O)(=O)c3ccccc32)cc1. The summed E-state index contributed by atoms with van der Waals surface area (Å²) in [6.45, 7) is 0.574. The Balaban J connectivity index is 1.41. The van der Waals surface area contributed by atoms with Crippen molar-refractivity contribution in [3.05, 3.63) is 82.0 Å². The number of fused-ring (bicyclic) bond motifs is 1. The summed E-state index contributed by atoms with van der Waals surface area (Å²) in [6, 6.07) is 17.5. The minimum absolute atomic E-state index is 0.144. The molecule has 0 unspecified atom stereocenters. The zero-order chi connectivity index (χ0) is 19.6. The third-order valence-corrected chi connectivity index (χ3v) is 6.55. The van der Waals surface area contributed by atoms with Gasteiger partial charge in [0, 0.05) is 28.2 Å². The number of nitrogens with zero attached hydrogens (tertiary/aromatic N) is 1. The number of nitrogens with one attached hydrogen (secondary N) is 2. The van der Waals surface area contributed by atoms with Gasteiger partial charge in [-0.2, -0.15) is 8.42 Å². The predicted molar refractivity (Wildman–Crippen MR) is 111 cm³/mol. The maximum Gasteiger partial charge on any atom is 0.285 e. The number of benzene rings is 2. The first kappa shape index (κ1) is 18.4. The zero-order valence-corrected chi connectivity index (χ0v) is 16.4. The summed E-state index contributed by atoms with van der Waals surface area (Å²) >= 11 is 1.67. The number of carbonyl (C=O) groups is 1. The van der Waals surface area contributed by atoms with Crippen molar-refractivity contribution in [3.63, 3.8) is 0 Å². The Morgan fingerprint density at radius 3 is 2.54 bits per heavy atom. The van der Waals surface area contributed by atoms with Crippen LogP contribution >= 0.6 is 11.3 Å². The number of amides is 1. The van der Waals surface area contributed by atoms with Crippen molar-refractivity contribution in [1.29, 1.82) is 0 Å². The Labute approximate surface area is 167 Å². The summed E-state index contributed by atoms with van der Waals surface area (Å²) in [4.78, 5) is 13.7. The van der Waals surface area contributed by atoms with Gasteiger partial charge in [0.05, 0.1) is 0 Å². The fraction of sp³-hybridized carbons (Fsp3) is 0.100. The molecule has 0 aliphatic carbocycles. The van der Waals surface area contributed by atoms with Gasteiger partial charge in [0.2, 0.25) is 0 Å². The van der Waals surface area contributed by atoms with Crippen molar-refractivity contribution in [1.82, 2.24) is 5.32 Å². The number of thiophene rings is 1. The van der Waals surface area contributed by atoms with Crippen LogP contribution < -0.4 is 10.6 Å². The number of rotatable bonds is 5. The average Bonchev–Trinajstić information content (AvgIpc) is 3.29. The summed E-state index contributed by atoms with van der Waals surface area (Å²) in [5, 5.41) is 7.93. The lowest BCUT2D eigenvalue weighted by Crippen LogP contribution is -2.25. The van der Waals surface area contributed by atoms with Gasteiger partial charge in [0.25, 0.3) is 15.9 Å². The van der Waals surface area contributed by atoms with E-state index in [1.807, 2.05) is 17.5 Å². The summed E-state index contributed by atoms with van der Waals surface area (Å²) in [6.07, 6.45) is 0.802. The van der Waals surface area contributed by atoms with E-state index in [1.54, 1.807) is 53.8 Å². The van der Waals surface area contributed by atoms with E-state index >= 15 is 0 Å². The molecule has 142 valence electrons. The summed E-state index contributed by atoms with van der Waals surface area (Å²) in [7, 11) is -3.66. The van der Waals surface area contributed by atoms with Crippen molar-refractivity contribution < 1.29 is 13.2 Å². The van der Waals surface area contributed by atoms with E-state index in [-0.39, 0.29) is 16.6 Å². The van der Waals surface area contributed by atoms with Crippen LogP contribution in [0.5, 0.6) is 0 Å². The molecule has 2 heterocycles. The lowest BCUT2D eigenvalue weighted by atomic mass is 10.1. The van der Waals surface area contributed by atoms with Crippen LogP contribution in [0.3, 0.4) is 0 Å². The normalized spacial score (nSPS) is 14.2. The monoisotopic (exact) mass is 411 g/mol. The molecule has 0 spiro atoms. The van der Waals surface area contributed by atoms with Crippen LogP contribution in [0.1, 0.15) is 20.8 Å². The number of hydrogen-bond donors (Lipinski definition) is 2. The van der Waals surface area contributed by atoms with Gasteiger partial charge in [-0.15, -0.1) is 15.7 Å². The first-order valence-electron chi connectivity index (χ1n) is 8.65. The summed E-state index contributed by atoms with van der Waals surface area (Å²) in [5.74, 6) is 0.137. The van der Waals surface area contributed by atoms with Crippen molar-refractivity contribution in [3.8, 4) is 0 Å². The Hall–Kier alpha value is -2.97. The molecule has 0 bridgehead atoms. The first-order chi connectivity index (χ1) is 13.5. The van der Waals surface area contributed by atoms with Crippen LogP contribution in [0.4, 0.5) is 5.69 Å². The molecule has 0 fully saturated rings. The zero-order valence-electron chi connectivity index (χ0n) is 14.8. The van der Waals surface area contributed by atoms with Gasteiger partial charge in [-0.3, -0.25) is 4.79 Å². The van der Waals surface area contributed by atoms with E-state index in [0.717, 1.165) is 6.42 Å². The molecular formula is C20H17N3O3S2. The van der Waals surface area contributed by atoms with Crippen molar-refractivity contribution in [2.45, 2.75) is 11.3 Å². The number of hydrogen-bond acceptors (Lipinski definition) is 5. The van der Waals surface area contributed by atoms with Crippen LogP contribution in [-0.4, -0.2) is 26.7 Å². The summed E-state index contributed by atoms with van der Waals surface area (Å²) in [5.41, 5.74) is 1.73. The molecule has 2 N–H and O–H groups in total. The number of carbonyl (C=O) groups excluding carboxylic acids is 1. The van der Waals surface area contributed by atoms with Crippen LogP contribution in [-0.2, 0) is 16.4 Å². The number of sulfonamides is 1. The van der Waals surface area contributed by atoms with E-state index < -0.39 is 10.0 Å². The summed E-state index contributed by atoms with van der Waals surface area (Å²) < 4.78 is 28.0. The van der Waals surface area contributed by atoms with Crippen LogP contribution in [0, 0.1) is 0 Å². The Morgan fingerprint density at radius 2 is 1.79 bits per heavy atom. The van der Waals surface area contributed by atoms with Crippen molar-refractivity contribution >= 4 is 38.8 Å². The number of anilines is 1. The molecule has 4 rings (SSSR count). The quantitative estimate of drug-likeness (QED) is 0.674. The van der Waals surface area contributed by atoms with Gasteiger partial charge in [0.1, 0.15) is 4.90 Å². The second-order valence-corrected chi connectivity index (χ2v) is 8.80. The fourth-order valence-corrected chi connectivity index (χ4v) is 4.78. The second-order valence-electron chi connectivity index (χ2n) is 6.20. The van der Waals surface area contributed by atoms with E-state index in [0.29, 0.717) is 23.4 Å². The largest absolute Gasteiger partial charge is 0.352 e. The molecule has 1 aliphatic heterocycles. The molecule has 1 amide bonds. The third-order valence-electron chi connectivity index (χ3n) is 4.28. The first-order valence-corrected chi connectivity index (χ1v) is 11.0. The molecule has 0 atom stereocenters. The van der Waals surface area contributed by atoms with Crippen LogP contribution in [0.15, 0.2) is 75.3 Å². The lowest BCUT2D eigenvalue weighted by Gasteiger charge is -2.08. The highest BCUT2D eigenvalue weighted by atomic mass is 32.2. The predicted octanol–water partition coefficient (Wildman–Crippen LogP) is 3.28. The standard InChI is InChI=1S/C20H17N3O3S2/c24-20(21-12-11-16-4-3-13-27-16)14-7-9-15(10-8-14)22-19-17-5-1-2-6-18(17)28(25,26)23-19/h1-10,13H,11-12H2,(H,21,24)(H,22,23). The molecule has 6 nitrogen and oxygen atoms in total. The molecule has 2 aromatic carbocycles. The van der Waals surface area contributed by atoms with Gasteiger partial charge in [-0.1, -0.05) is 18.2 Å². The Morgan fingerprint density at radius 1 is 1.00 bits per heavy atom. The molecule has 0 saturated heterocycles. The molecule has 0 radical (unpaired) electrons. The van der Waals surface area contributed by atoms with E-state index in [2.05, 4.69) is 15.0 Å². The minimum atomic E-state index is -3.66. The topological polar surface area (TPSA) is 87.6 Å². The van der Waals surface area contributed by atoms with E-state index in [1.165, 1.54) is 10.9 Å². The van der Waals surface area contributed by atoms with Crippen molar-refractivity contribution in [2.75, 3.05) is 11.9 Å². The molecule has 28 heavy (non-hydrogen) atoms. The Bertz CT molecular complexity index is 1140. The lowest BCUT2D eigenvalue weighted by molar-refractivity contribution is 0.0954. The molecular weight excluding hydrogens is 394 g/mol. The highest BCUT2D eigenvalue weighted by Crippen LogP contribution is 2.26. The number of amidine groups is 1. The Kier molecular flexibility index (Phi) is 4.97. The van der Waals surface area contributed by atoms with Gasteiger partial charge in [-0.25, -0.2) is 0 Å². The van der Waals surface area contributed by atoms with Gasteiger partial charge in [0.15, 0.2) is 5.84 Å². The molecule has 1 aliphatic rings. The molecule has 3 aromatic rings. The maximum atomic E-state index is 12.2. The minimum Gasteiger partial charge on any atom is -0.352 e. The second kappa shape index (κ2) is 7.57. The van der Waals surface area contributed by atoms with Gasteiger partial charge in [-0.05, 0) is 54.3 Å². The fourth-order valence-electron chi connectivity index (χ4n) is 2.89. The van der Waals surface area contributed by atoms with Gasteiger partial charge >= 0.3 is 0 Å².